The molecule has 438 valence electrons. The molecule has 4 fully saturated rings. The summed E-state index contributed by atoms with van der Waals surface area (Å²) < 4.78 is 6.48. The molecular formula is C63H90N6O10S. The van der Waals surface area contributed by atoms with Gasteiger partial charge in [-0.2, -0.15) is 5.26 Å². The van der Waals surface area contributed by atoms with Crippen molar-refractivity contribution in [1.29, 1.82) is 5.26 Å². The lowest BCUT2D eigenvalue weighted by atomic mass is 9.43. The van der Waals surface area contributed by atoms with Crippen LogP contribution < -0.4 is 15.4 Å². The van der Waals surface area contributed by atoms with Crippen LogP contribution in [-0.4, -0.2) is 112 Å². The molecule has 0 aliphatic heterocycles. The van der Waals surface area contributed by atoms with Gasteiger partial charge < -0.3 is 35.4 Å². The maximum Gasteiger partial charge on any atom is 0.415 e. The van der Waals surface area contributed by atoms with Gasteiger partial charge in [0.15, 0.2) is 16.6 Å². The van der Waals surface area contributed by atoms with Gasteiger partial charge in [0.05, 0.1) is 16.3 Å². The molecule has 2 aromatic rings. The molecule has 16 nitrogen and oxygen atoms in total. The number of Topliss-reactive ketones (excluding diaryl/α,β-unsaturated/α-hetero) is 2. The number of allylic oxidation sites excluding steroid dienone is 4. The van der Waals surface area contributed by atoms with E-state index in [4.69, 9.17) is 4.74 Å². The SMILES string of the molecule is CC1=C(C)C(=O)C(C(C)(C)CC(=O)N(C)CCN(CCCCCC(=O)NCCCCC(NC(=O)CC[C@@H](C)[C@H]2CC[C@H]3[C@@H]4CC[C@@H]5C[C@H](C)CC[C@]5(C)[C@H]4C[C@H](O)[C@]23C)C(=O)O)C(=O)Oc2ccc3nc(C#N)sc3c2)=C(C)C1=O. The number of carbonyl (C=O) groups is 7. The number of aliphatic hydroxyl groups is 1. The molecule has 4 amide bonds. The lowest BCUT2D eigenvalue weighted by Crippen LogP contribution is -2.58. The van der Waals surface area contributed by atoms with Gasteiger partial charge in [0.1, 0.15) is 17.9 Å². The Balaban J connectivity index is 0.819. The Morgan fingerprint density at radius 2 is 1.62 bits per heavy atom. The average Bonchev–Trinajstić information content (AvgIpc) is 4.04. The van der Waals surface area contributed by atoms with Crippen LogP contribution in [0.5, 0.6) is 5.75 Å². The smallest absolute Gasteiger partial charge is 0.415 e. The fraction of sp³-hybridized carbons (Fsp3) is 0.698. The molecule has 4 saturated carbocycles. The molecule has 0 saturated heterocycles. The molecule has 1 unspecified atom stereocenters. The van der Waals surface area contributed by atoms with Crippen LogP contribution in [0.25, 0.3) is 10.2 Å². The summed E-state index contributed by atoms with van der Waals surface area (Å²) in [7, 11) is 1.63. The fourth-order valence-corrected chi connectivity index (χ4v) is 16.2. The van der Waals surface area contributed by atoms with Gasteiger partial charge in [-0.3, -0.25) is 24.0 Å². The molecule has 7 rings (SSSR count). The number of ketones is 2. The lowest BCUT2D eigenvalue weighted by molar-refractivity contribution is -0.171. The van der Waals surface area contributed by atoms with Crippen molar-refractivity contribution in [2.75, 3.05) is 33.2 Å². The molecule has 0 bridgehead atoms. The summed E-state index contributed by atoms with van der Waals surface area (Å²) in [4.78, 5) is 99.3. The van der Waals surface area contributed by atoms with E-state index in [0.717, 1.165) is 31.1 Å². The van der Waals surface area contributed by atoms with E-state index in [1.54, 1.807) is 59.9 Å². The first kappa shape index (κ1) is 62.1. The Hall–Kier alpha value is -5.47. The third-order valence-electron chi connectivity index (χ3n) is 20.3. The van der Waals surface area contributed by atoms with Crippen molar-refractivity contribution in [3.05, 3.63) is 45.5 Å². The normalized spacial score (nSPS) is 27.4. The number of ether oxygens (including phenoxy) is 1. The molecule has 17 heteroatoms. The number of nitriles is 1. The predicted octanol–water partition coefficient (Wildman–Crippen LogP) is 10.7. The molecule has 4 N–H and O–H groups in total. The van der Waals surface area contributed by atoms with E-state index in [0.29, 0.717) is 107 Å². The highest BCUT2D eigenvalue weighted by atomic mass is 32.1. The number of aliphatic hydroxyl groups excluding tert-OH is 1. The van der Waals surface area contributed by atoms with Crippen molar-refractivity contribution >= 4 is 62.9 Å². The summed E-state index contributed by atoms with van der Waals surface area (Å²) in [5.41, 5.74) is 1.29. The fourth-order valence-electron chi connectivity index (χ4n) is 15.4. The number of fused-ring (bicyclic) bond motifs is 6. The third-order valence-corrected chi connectivity index (χ3v) is 21.3. The van der Waals surface area contributed by atoms with Crippen molar-refractivity contribution in [3.63, 3.8) is 0 Å². The maximum absolute atomic E-state index is 13.7. The summed E-state index contributed by atoms with van der Waals surface area (Å²) in [5.74, 6) is 1.91. The van der Waals surface area contributed by atoms with Crippen LogP contribution >= 0.6 is 11.3 Å². The minimum Gasteiger partial charge on any atom is -0.480 e. The number of nitrogens with one attached hydrogen (secondary N) is 2. The van der Waals surface area contributed by atoms with Crippen LogP contribution in [0, 0.1) is 69.0 Å². The van der Waals surface area contributed by atoms with E-state index < -0.39 is 23.5 Å². The number of carboxylic acids is 1. The number of aromatic nitrogens is 1. The zero-order valence-electron chi connectivity index (χ0n) is 49.3. The third kappa shape index (κ3) is 13.7. The zero-order chi connectivity index (χ0) is 58.4. The number of carbonyl (C=O) groups excluding carboxylic acids is 6. The van der Waals surface area contributed by atoms with Gasteiger partial charge in [-0.15, -0.1) is 11.3 Å². The van der Waals surface area contributed by atoms with Gasteiger partial charge in [0.2, 0.25) is 17.7 Å². The monoisotopic (exact) mass is 1120 g/mol. The number of benzene rings is 1. The summed E-state index contributed by atoms with van der Waals surface area (Å²) in [5, 5.41) is 37.3. The number of unbranched alkanes of at least 4 members (excludes halogenated alkanes) is 3. The second-order valence-corrected chi connectivity index (χ2v) is 26.9. The first-order chi connectivity index (χ1) is 37.8. The number of carboxylic acid groups (broad SMARTS) is 1. The molecule has 11 atom stereocenters. The minimum absolute atomic E-state index is 0.0393. The van der Waals surface area contributed by atoms with Gasteiger partial charge in [-0.05, 0) is 169 Å². The first-order valence-electron chi connectivity index (χ1n) is 29.8. The van der Waals surface area contributed by atoms with Crippen LogP contribution in [0.3, 0.4) is 0 Å². The molecule has 1 aromatic heterocycles. The average molecular weight is 1120 g/mol. The Morgan fingerprint density at radius 1 is 0.887 bits per heavy atom. The van der Waals surface area contributed by atoms with Crippen molar-refractivity contribution in [3.8, 4) is 11.8 Å². The van der Waals surface area contributed by atoms with E-state index in [9.17, 15) is 49.0 Å². The van der Waals surface area contributed by atoms with E-state index >= 15 is 0 Å². The molecule has 1 aromatic carbocycles. The largest absolute Gasteiger partial charge is 0.480 e. The Labute approximate surface area is 478 Å². The van der Waals surface area contributed by atoms with Crippen LogP contribution in [0.4, 0.5) is 4.79 Å². The number of likely N-dealkylation sites (N-methyl/N-ethyl adjacent to an activating group) is 1. The van der Waals surface area contributed by atoms with Crippen molar-refractivity contribution in [2.24, 2.45) is 57.7 Å². The van der Waals surface area contributed by atoms with E-state index in [-0.39, 0.29) is 103 Å². The predicted molar refractivity (Wildman–Crippen MR) is 308 cm³/mol. The number of thiazole rings is 1. The second kappa shape index (κ2) is 26.2. The Bertz CT molecular complexity index is 2780. The van der Waals surface area contributed by atoms with Crippen molar-refractivity contribution in [1.82, 2.24) is 25.4 Å². The number of hydrogen-bond acceptors (Lipinski definition) is 12. The van der Waals surface area contributed by atoms with Crippen molar-refractivity contribution in [2.45, 2.75) is 190 Å². The highest BCUT2D eigenvalue weighted by molar-refractivity contribution is 7.19. The summed E-state index contributed by atoms with van der Waals surface area (Å²) in [6.45, 7) is 18.9. The van der Waals surface area contributed by atoms with Crippen LogP contribution in [0.2, 0.25) is 0 Å². The van der Waals surface area contributed by atoms with E-state index in [1.807, 2.05) is 6.07 Å². The summed E-state index contributed by atoms with van der Waals surface area (Å²) in [6, 6.07) is 5.94. The molecule has 0 radical (unpaired) electrons. The van der Waals surface area contributed by atoms with Crippen molar-refractivity contribution < 1.29 is 48.5 Å². The second-order valence-electron chi connectivity index (χ2n) is 25.9. The van der Waals surface area contributed by atoms with Crippen LogP contribution in [0.15, 0.2) is 40.5 Å². The minimum atomic E-state index is -1.08. The lowest BCUT2D eigenvalue weighted by Gasteiger charge is -2.62. The van der Waals surface area contributed by atoms with Crippen LogP contribution in [0.1, 0.15) is 183 Å². The number of hydrogen-bond donors (Lipinski definition) is 4. The maximum atomic E-state index is 13.7. The van der Waals surface area contributed by atoms with Gasteiger partial charge in [0.25, 0.3) is 0 Å². The zero-order valence-corrected chi connectivity index (χ0v) is 50.2. The highest BCUT2D eigenvalue weighted by Gasteiger charge is 2.63. The summed E-state index contributed by atoms with van der Waals surface area (Å²) >= 11 is 1.18. The highest BCUT2D eigenvalue weighted by Crippen LogP contribution is 2.68. The van der Waals surface area contributed by atoms with Gasteiger partial charge in [-0.1, -0.05) is 54.4 Å². The molecule has 80 heavy (non-hydrogen) atoms. The molecular weight excluding hydrogens is 1030 g/mol. The van der Waals surface area contributed by atoms with Gasteiger partial charge >= 0.3 is 12.1 Å². The molecule has 5 aliphatic carbocycles. The van der Waals surface area contributed by atoms with Gasteiger partial charge in [-0.25, -0.2) is 14.6 Å². The number of amides is 4. The van der Waals surface area contributed by atoms with Gasteiger partial charge in [0, 0.05) is 86.3 Å². The Kier molecular flexibility index (Phi) is 20.3. The van der Waals surface area contributed by atoms with E-state index in [1.165, 1.54) is 53.2 Å². The topological polar surface area (TPSA) is 236 Å². The number of nitrogens with zero attached hydrogens (tertiary/aromatic N) is 4. The summed E-state index contributed by atoms with van der Waals surface area (Å²) in [6.07, 6.45) is 12.6. The Morgan fingerprint density at radius 3 is 2.35 bits per heavy atom. The molecule has 5 aliphatic rings. The standard InChI is InChI=1S/C63H90N6O10S/c1-37-26-27-62(8)42(32-37)19-21-44-46-23-22-45(63(46,9)51(70)34-47(44)62)38(2)18-25-53(72)66-49(59(76)77)16-13-14-28-65-52(71)17-12-11-15-29-69(60(78)79-43-20-24-48-50(33-43)80-54(36-64)67-48)31-30-68(10)55(73)35-61(6,7)56-41(5)57(74)39(3)40(4)58(56)75/h20,24,33,37-38,42,44-47,49,51,70H,11-19,21-23,25-32,34-35H2,1-10H3,(H,65,71)(H,66,72)(H,76,77)/t37-,38-,42-,44+,45-,46+,47+,49?,51+,62+,63-/m1/s1. The van der Waals surface area contributed by atoms with E-state index in [2.05, 4.69) is 43.3 Å². The first-order valence-corrected chi connectivity index (χ1v) is 30.6. The van der Waals surface area contributed by atoms with Crippen LogP contribution in [-0.2, 0) is 28.8 Å². The molecule has 0 spiro atoms. The quantitative estimate of drug-likeness (QED) is 0.0567. The number of rotatable bonds is 24. The molecule has 1 heterocycles. The number of aliphatic carboxylic acids is 1.